The Hall–Kier alpha value is -1.86. The minimum atomic E-state index is -0.110. The van der Waals surface area contributed by atoms with E-state index < -0.39 is 0 Å². The summed E-state index contributed by atoms with van der Waals surface area (Å²) < 4.78 is 1.43. The van der Waals surface area contributed by atoms with Crippen LogP contribution in [0, 0.1) is 10.4 Å². The van der Waals surface area contributed by atoms with E-state index in [1.165, 1.54) is 82.3 Å². The molecule has 0 amide bonds. The molecule has 2 aliphatic carbocycles. The summed E-state index contributed by atoms with van der Waals surface area (Å²) in [5.74, 6) is 0. The van der Waals surface area contributed by atoms with Crippen molar-refractivity contribution in [1.82, 2.24) is 0 Å². The van der Waals surface area contributed by atoms with Crippen molar-refractivity contribution in [3.05, 3.63) is 155 Å². The molecule has 0 nitrogen and oxygen atoms in total. The molecule has 0 aliphatic heterocycles. The van der Waals surface area contributed by atoms with Gasteiger partial charge in [-0.25, -0.2) is 0 Å². The number of benzene rings is 4. The quantitative estimate of drug-likeness (QED) is 0.303. The van der Waals surface area contributed by atoms with E-state index >= 15 is 0 Å². The SMILES string of the molecule is CC(C)(C)c1ccc2c(c1)=c1cc(C(C)(C)C)c(=C(c3ccc(Cl)cc3)c3ccc(Cl)cc3)c(C3=CC=CC3)c1[C]=2[Zr+2].[Cl-].[Cl-]. The van der Waals surface area contributed by atoms with E-state index in [1.54, 1.807) is 0 Å². The first-order valence-corrected chi connectivity index (χ1v) is 16.5. The first-order valence-electron chi connectivity index (χ1n) is 14.6. The summed E-state index contributed by atoms with van der Waals surface area (Å²) in [6.45, 7) is 13.9. The summed E-state index contributed by atoms with van der Waals surface area (Å²) in [5, 5.41) is 6.89. The van der Waals surface area contributed by atoms with Crippen LogP contribution in [0.1, 0.15) is 81.3 Å². The summed E-state index contributed by atoms with van der Waals surface area (Å²) in [6, 6.07) is 26.3. The maximum Gasteiger partial charge on any atom is -1.00 e. The number of rotatable bonds is 3. The maximum absolute atomic E-state index is 6.42. The second-order valence-electron chi connectivity index (χ2n) is 13.4. The normalized spacial score (nSPS) is 13.6. The Morgan fingerprint density at radius 3 is 1.70 bits per heavy atom. The van der Waals surface area contributed by atoms with Crippen molar-refractivity contribution in [3.8, 4) is 0 Å². The van der Waals surface area contributed by atoms with Crippen LogP contribution in [0.5, 0.6) is 0 Å². The molecule has 0 fully saturated rings. The van der Waals surface area contributed by atoms with Gasteiger partial charge in [0, 0.05) is 0 Å². The van der Waals surface area contributed by atoms with Gasteiger partial charge in [0.05, 0.1) is 0 Å². The number of hydrogen-bond donors (Lipinski definition) is 0. The van der Waals surface area contributed by atoms with Crippen molar-refractivity contribution >= 4 is 37.6 Å². The second-order valence-corrected chi connectivity index (χ2v) is 15.5. The summed E-state index contributed by atoms with van der Waals surface area (Å²) in [6.07, 6.45) is 7.73. The van der Waals surface area contributed by atoms with Crippen LogP contribution >= 0.6 is 23.2 Å². The van der Waals surface area contributed by atoms with E-state index in [0.717, 1.165) is 27.6 Å². The third-order valence-corrected chi connectivity index (χ3v) is 10.2. The Morgan fingerprint density at radius 1 is 0.659 bits per heavy atom. The number of hydrogen-bond acceptors (Lipinski definition) is 0. The minimum Gasteiger partial charge on any atom is -1.00 e. The molecular formula is C39H35Cl4Zr. The van der Waals surface area contributed by atoms with Gasteiger partial charge in [-0.05, 0) is 0 Å². The standard InChI is InChI=1S/C39H35Cl2.2ClH.Zr/c1-38(2,3)28-16-11-27-21-33-32(31(27)22-28)23-34(39(4,5)6)37(36(33)24-9-7-8-10-24)35(25-12-17-29(40)18-13-25)26-14-19-30(41)20-15-26;;;/h7-9,11-20,22-23H,10H2,1-6H3;2*1H;/q;;;+2/p-2. The second kappa shape index (κ2) is 13.1. The Balaban J connectivity index is 0.00000221. The van der Waals surface area contributed by atoms with Crippen molar-refractivity contribution in [2.45, 2.75) is 58.8 Å². The third kappa shape index (κ3) is 6.39. The average Bonchev–Trinajstić information content (AvgIpc) is 3.56. The smallest absolute Gasteiger partial charge is 1.00 e. The molecule has 2 aliphatic rings. The molecule has 0 spiro atoms. The molecule has 4 aromatic rings. The van der Waals surface area contributed by atoms with E-state index in [2.05, 4.69) is 108 Å². The van der Waals surface area contributed by atoms with Gasteiger partial charge in [0.15, 0.2) is 0 Å². The Kier molecular flexibility index (Phi) is 10.4. The van der Waals surface area contributed by atoms with Gasteiger partial charge in [0.2, 0.25) is 0 Å². The van der Waals surface area contributed by atoms with Crippen LogP contribution in [-0.2, 0) is 35.5 Å². The van der Waals surface area contributed by atoms with Crippen LogP contribution in [0.4, 0.5) is 0 Å². The molecule has 0 unspecified atom stereocenters. The van der Waals surface area contributed by atoms with Crippen molar-refractivity contribution in [1.29, 1.82) is 0 Å². The van der Waals surface area contributed by atoms with Crippen LogP contribution in [0.15, 0.2) is 91.0 Å². The number of fused-ring (bicyclic) bond motifs is 2. The molecule has 0 N–H and O–H groups in total. The monoisotopic (exact) mass is 733 g/mol. The molecule has 5 heteroatoms. The molecule has 0 radical (unpaired) electrons. The summed E-state index contributed by atoms with van der Waals surface area (Å²) in [7, 11) is 0. The van der Waals surface area contributed by atoms with Crippen molar-refractivity contribution in [2.75, 3.05) is 0 Å². The van der Waals surface area contributed by atoms with Crippen molar-refractivity contribution in [2.24, 2.45) is 0 Å². The molecular weight excluding hydrogens is 701 g/mol. The molecule has 44 heavy (non-hydrogen) atoms. The minimum absolute atomic E-state index is 0. The summed E-state index contributed by atoms with van der Waals surface area (Å²) in [5.41, 5.74) is 10.3. The van der Waals surface area contributed by atoms with Gasteiger partial charge in [-0.3, -0.25) is 0 Å². The van der Waals surface area contributed by atoms with Gasteiger partial charge >= 0.3 is 276 Å². The largest absolute Gasteiger partial charge is 1.00 e. The molecule has 0 heterocycles. The molecule has 0 saturated heterocycles. The molecule has 0 saturated carbocycles. The van der Waals surface area contributed by atoms with Crippen LogP contribution in [0.25, 0.3) is 14.4 Å². The van der Waals surface area contributed by atoms with E-state index in [9.17, 15) is 0 Å². The fourth-order valence-electron chi connectivity index (χ4n) is 6.23. The Bertz CT molecular complexity index is 1970. The van der Waals surface area contributed by atoms with E-state index in [1.807, 2.05) is 24.3 Å². The van der Waals surface area contributed by atoms with E-state index in [0.29, 0.717) is 0 Å². The average molecular weight is 737 g/mol. The van der Waals surface area contributed by atoms with Gasteiger partial charge in [-0.2, -0.15) is 0 Å². The van der Waals surface area contributed by atoms with Gasteiger partial charge in [-0.1, -0.05) is 0 Å². The zero-order chi connectivity index (χ0) is 30.0. The maximum atomic E-state index is 6.42. The van der Waals surface area contributed by atoms with Gasteiger partial charge in [0.1, 0.15) is 0 Å². The fourth-order valence-corrected chi connectivity index (χ4v) is 7.66. The molecule has 6 rings (SSSR count). The predicted octanol–water partition coefficient (Wildman–Crippen LogP) is 3.49. The number of halogens is 4. The van der Waals surface area contributed by atoms with Gasteiger partial charge < -0.3 is 24.8 Å². The number of allylic oxidation sites excluding steroid dienone is 4. The molecule has 223 valence electrons. The first-order chi connectivity index (χ1) is 19.8. The van der Waals surface area contributed by atoms with Crippen LogP contribution in [0.3, 0.4) is 0 Å². The summed E-state index contributed by atoms with van der Waals surface area (Å²) >= 11 is 14.3. The fraction of sp³-hybridized carbons (Fsp3) is 0.231. The predicted molar refractivity (Wildman–Crippen MR) is 176 cm³/mol. The zero-order valence-corrected chi connectivity index (χ0v) is 31.4. The summed E-state index contributed by atoms with van der Waals surface area (Å²) in [4.78, 5) is 0. The molecule has 0 atom stereocenters. The van der Waals surface area contributed by atoms with Crippen LogP contribution in [0.2, 0.25) is 10.0 Å². The third-order valence-electron chi connectivity index (χ3n) is 8.44. The van der Waals surface area contributed by atoms with Gasteiger partial charge in [0.25, 0.3) is 0 Å². The van der Waals surface area contributed by atoms with E-state index in [4.69, 9.17) is 23.2 Å². The van der Waals surface area contributed by atoms with E-state index in [-0.39, 0.29) is 35.6 Å². The van der Waals surface area contributed by atoms with Crippen LogP contribution < -0.4 is 35.3 Å². The molecule has 4 aromatic carbocycles. The van der Waals surface area contributed by atoms with Crippen molar-refractivity contribution in [3.63, 3.8) is 0 Å². The zero-order valence-electron chi connectivity index (χ0n) is 25.9. The Morgan fingerprint density at radius 2 is 1.23 bits per heavy atom. The first kappa shape index (κ1) is 35.0. The molecule has 0 bridgehead atoms. The molecule has 0 aromatic heterocycles. The van der Waals surface area contributed by atoms with Crippen molar-refractivity contribution < 1.29 is 49.5 Å². The topological polar surface area (TPSA) is 0 Å². The van der Waals surface area contributed by atoms with Crippen LogP contribution in [-0.4, -0.2) is 0 Å². The van der Waals surface area contributed by atoms with Gasteiger partial charge in [-0.15, -0.1) is 0 Å². The Labute approximate surface area is 298 Å².